The zero-order chi connectivity index (χ0) is 21.4. The first-order valence-corrected chi connectivity index (χ1v) is 11.2. The Morgan fingerprint density at radius 1 is 1.24 bits per heavy atom. The van der Waals surface area contributed by atoms with Gasteiger partial charge in [0.2, 0.25) is 10.0 Å². The molecule has 0 spiro atoms. The maximum Gasteiger partial charge on any atom is 0.253 e. The van der Waals surface area contributed by atoms with Crippen LogP contribution in [-0.4, -0.2) is 33.3 Å². The average molecular weight is 439 g/mol. The lowest BCUT2D eigenvalue weighted by molar-refractivity contribution is 0.0617. The molecular formula is C20H23ClN2O5S. The van der Waals surface area contributed by atoms with Crippen molar-refractivity contribution in [3.63, 3.8) is 0 Å². The monoisotopic (exact) mass is 438 g/mol. The van der Waals surface area contributed by atoms with E-state index in [2.05, 4.69) is 10.0 Å². The fraction of sp³-hybridized carbons (Fsp3) is 0.350. The van der Waals surface area contributed by atoms with Crippen LogP contribution in [0.25, 0.3) is 0 Å². The predicted molar refractivity (Wildman–Crippen MR) is 112 cm³/mol. The van der Waals surface area contributed by atoms with E-state index >= 15 is 0 Å². The molecule has 1 aliphatic heterocycles. The molecule has 3 rings (SSSR count). The zero-order valence-electron chi connectivity index (χ0n) is 16.6. The molecule has 0 saturated carbocycles. The third-order valence-corrected chi connectivity index (χ3v) is 5.43. The van der Waals surface area contributed by atoms with E-state index in [4.69, 9.17) is 21.1 Å². The van der Waals surface area contributed by atoms with Crippen LogP contribution in [0.1, 0.15) is 42.2 Å². The summed E-state index contributed by atoms with van der Waals surface area (Å²) in [7, 11) is -1.90. The van der Waals surface area contributed by atoms with Gasteiger partial charge in [0, 0.05) is 23.7 Å². The number of ether oxygens (including phenoxy) is 2. The van der Waals surface area contributed by atoms with Crippen molar-refractivity contribution in [3.05, 3.63) is 52.5 Å². The molecule has 1 unspecified atom stereocenters. The van der Waals surface area contributed by atoms with Gasteiger partial charge in [0.15, 0.2) is 0 Å². The fourth-order valence-electron chi connectivity index (χ4n) is 3.30. The smallest absolute Gasteiger partial charge is 0.253 e. The standard InChI is InChI=1S/C20H23ClN2O5S/c1-20(2)11-17(14-7-6-13(27-3)10-18(14)28-20)22-19(24)15-9-12(5-8-16(15)21)23-29(4,25)26/h5-10,17,23H,11H2,1-4H3,(H,22,24). The number of rotatable bonds is 5. The first kappa shape index (κ1) is 21.3. The van der Waals surface area contributed by atoms with Gasteiger partial charge in [-0.25, -0.2) is 8.42 Å². The Bertz CT molecular complexity index is 1050. The van der Waals surface area contributed by atoms with Crippen LogP contribution in [0.5, 0.6) is 11.5 Å². The molecule has 0 radical (unpaired) electrons. The van der Waals surface area contributed by atoms with Crippen molar-refractivity contribution in [2.24, 2.45) is 0 Å². The minimum absolute atomic E-state index is 0.180. The minimum atomic E-state index is -3.47. The maximum absolute atomic E-state index is 13.0. The number of fused-ring (bicyclic) bond motifs is 1. The summed E-state index contributed by atoms with van der Waals surface area (Å²) in [4.78, 5) is 13.0. The van der Waals surface area contributed by atoms with Crippen LogP contribution in [-0.2, 0) is 10.0 Å². The van der Waals surface area contributed by atoms with Gasteiger partial charge in [0.25, 0.3) is 5.91 Å². The number of amides is 1. The van der Waals surface area contributed by atoms with Gasteiger partial charge in [-0.1, -0.05) is 11.6 Å². The van der Waals surface area contributed by atoms with Gasteiger partial charge < -0.3 is 14.8 Å². The van der Waals surface area contributed by atoms with Gasteiger partial charge in [-0.15, -0.1) is 0 Å². The summed E-state index contributed by atoms with van der Waals surface area (Å²) >= 11 is 6.20. The average Bonchev–Trinajstić information content (AvgIpc) is 2.60. The molecule has 0 aliphatic carbocycles. The second-order valence-corrected chi connectivity index (χ2v) is 9.72. The lowest BCUT2D eigenvalue weighted by Crippen LogP contribution is -2.41. The normalized spacial score (nSPS) is 17.6. The van der Waals surface area contributed by atoms with Crippen molar-refractivity contribution in [1.29, 1.82) is 0 Å². The third-order valence-electron chi connectivity index (χ3n) is 4.50. The Hall–Kier alpha value is -2.45. The highest BCUT2D eigenvalue weighted by molar-refractivity contribution is 7.92. The van der Waals surface area contributed by atoms with Crippen LogP contribution in [0, 0.1) is 0 Å². The Kier molecular flexibility index (Phi) is 5.69. The first-order chi connectivity index (χ1) is 13.5. The van der Waals surface area contributed by atoms with Crippen molar-refractivity contribution in [2.45, 2.75) is 31.9 Å². The summed E-state index contributed by atoms with van der Waals surface area (Å²) in [5.74, 6) is 0.898. The number of sulfonamides is 1. The summed E-state index contributed by atoms with van der Waals surface area (Å²) in [6.07, 6.45) is 1.59. The van der Waals surface area contributed by atoms with Crippen molar-refractivity contribution < 1.29 is 22.7 Å². The van der Waals surface area contributed by atoms with E-state index in [0.29, 0.717) is 17.9 Å². The van der Waals surface area contributed by atoms with Crippen molar-refractivity contribution in [1.82, 2.24) is 5.32 Å². The molecule has 9 heteroatoms. The van der Waals surface area contributed by atoms with Crippen LogP contribution in [0.3, 0.4) is 0 Å². The molecule has 2 N–H and O–H groups in total. The van der Waals surface area contributed by atoms with E-state index in [1.165, 1.54) is 18.2 Å². The lowest BCUT2D eigenvalue weighted by Gasteiger charge is -2.38. The fourth-order valence-corrected chi connectivity index (χ4v) is 4.06. The summed E-state index contributed by atoms with van der Waals surface area (Å²) in [6.45, 7) is 3.89. The number of benzene rings is 2. The number of carbonyl (C=O) groups is 1. The van der Waals surface area contributed by atoms with E-state index in [9.17, 15) is 13.2 Å². The van der Waals surface area contributed by atoms with E-state index in [1.807, 2.05) is 26.0 Å². The number of methoxy groups -OCH3 is 1. The molecule has 29 heavy (non-hydrogen) atoms. The quantitative estimate of drug-likeness (QED) is 0.741. The maximum atomic E-state index is 13.0. The first-order valence-electron chi connectivity index (χ1n) is 8.92. The van der Waals surface area contributed by atoms with Crippen molar-refractivity contribution in [3.8, 4) is 11.5 Å². The zero-order valence-corrected chi connectivity index (χ0v) is 18.1. The Balaban J connectivity index is 1.90. The Morgan fingerprint density at radius 3 is 2.62 bits per heavy atom. The van der Waals surface area contributed by atoms with Crippen molar-refractivity contribution in [2.75, 3.05) is 18.1 Å². The van der Waals surface area contributed by atoms with E-state index in [0.717, 1.165) is 11.8 Å². The Labute approximate surface area is 175 Å². The molecule has 156 valence electrons. The molecule has 0 saturated heterocycles. The number of carbonyl (C=O) groups excluding carboxylic acids is 1. The molecule has 1 atom stereocenters. The highest BCUT2D eigenvalue weighted by atomic mass is 35.5. The van der Waals surface area contributed by atoms with Gasteiger partial charge in [0.05, 0.1) is 30.0 Å². The summed E-state index contributed by atoms with van der Waals surface area (Å²) in [6, 6.07) is 9.54. The van der Waals surface area contributed by atoms with Crippen LogP contribution in [0.4, 0.5) is 5.69 Å². The van der Waals surface area contributed by atoms with E-state index in [-0.39, 0.29) is 22.3 Å². The van der Waals surface area contributed by atoms with E-state index < -0.39 is 21.5 Å². The molecule has 0 aromatic heterocycles. The van der Waals surface area contributed by atoms with Crippen LogP contribution in [0.15, 0.2) is 36.4 Å². The molecule has 2 aromatic carbocycles. The van der Waals surface area contributed by atoms with Crippen LogP contribution >= 0.6 is 11.6 Å². The van der Waals surface area contributed by atoms with Crippen LogP contribution < -0.4 is 19.5 Å². The number of hydrogen-bond acceptors (Lipinski definition) is 5. The highest BCUT2D eigenvalue weighted by Gasteiger charge is 2.35. The molecule has 2 aromatic rings. The molecule has 0 fully saturated rings. The second-order valence-electron chi connectivity index (χ2n) is 7.56. The van der Waals surface area contributed by atoms with Gasteiger partial charge in [-0.3, -0.25) is 9.52 Å². The molecule has 7 nitrogen and oxygen atoms in total. The SMILES string of the molecule is COc1ccc2c(c1)OC(C)(C)CC2NC(=O)c1cc(NS(C)(=O)=O)ccc1Cl. The van der Waals surface area contributed by atoms with Gasteiger partial charge in [-0.05, 0) is 44.2 Å². The largest absolute Gasteiger partial charge is 0.497 e. The predicted octanol–water partition coefficient (Wildman–Crippen LogP) is 3.75. The number of halogens is 1. The summed E-state index contributed by atoms with van der Waals surface area (Å²) < 4.78 is 36.6. The molecule has 1 amide bonds. The second kappa shape index (κ2) is 7.76. The molecule has 1 aliphatic rings. The van der Waals surface area contributed by atoms with Crippen molar-refractivity contribution >= 4 is 33.2 Å². The molecule has 1 heterocycles. The highest BCUT2D eigenvalue weighted by Crippen LogP contribution is 2.41. The summed E-state index contributed by atoms with van der Waals surface area (Å²) in [5.41, 5.74) is 0.778. The molecular weight excluding hydrogens is 416 g/mol. The number of nitrogens with one attached hydrogen (secondary N) is 2. The minimum Gasteiger partial charge on any atom is -0.497 e. The van der Waals surface area contributed by atoms with Gasteiger partial charge in [-0.2, -0.15) is 0 Å². The van der Waals surface area contributed by atoms with Gasteiger partial charge >= 0.3 is 0 Å². The number of hydrogen-bond donors (Lipinski definition) is 2. The van der Waals surface area contributed by atoms with Gasteiger partial charge in [0.1, 0.15) is 17.1 Å². The van der Waals surface area contributed by atoms with E-state index in [1.54, 1.807) is 13.2 Å². The lowest BCUT2D eigenvalue weighted by atomic mass is 9.89. The topological polar surface area (TPSA) is 93.7 Å². The third kappa shape index (κ3) is 5.13. The molecule has 0 bridgehead atoms. The number of anilines is 1. The van der Waals surface area contributed by atoms with Crippen LogP contribution in [0.2, 0.25) is 5.02 Å². The summed E-state index contributed by atoms with van der Waals surface area (Å²) in [5, 5.41) is 3.22. The Morgan fingerprint density at radius 2 is 1.97 bits per heavy atom.